The highest BCUT2D eigenvalue weighted by atomic mass is 79.9. The number of carbonyl (C=O) groups is 1. The fourth-order valence-corrected chi connectivity index (χ4v) is 2.46. The number of nitrogens with one attached hydrogen (secondary N) is 2. The Hall–Kier alpha value is -1.31. The van der Waals surface area contributed by atoms with Crippen LogP contribution in [0, 0.1) is 11.7 Å². The lowest BCUT2D eigenvalue weighted by Crippen LogP contribution is -2.39. The predicted molar refractivity (Wildman–Crippen MR) is 76.7 cm³/mol. The molecule has 1 aromatic carbocycles. The first-order chi connectivity index (χ1) is 9.61. The molecule has 1 aromatic rings. The maximum Gasteiger partial charge on any atom is 0.203 e. The monoisotopic (exact) mass is 343 g/mol. The van der Waals surface area contributed by atoms with Crippen LogP contribution in [-0.4, -0.2) is 29.9 Å². The van der Waals surface area contributed by atoms with Crippen molar-refractivity contribution in [2.45, 2.75) is 12.8 Å². The van der Waals surface area contributed by atoms with Crippen LogP contribution in [0.25, 0.3) is 0 Å². The van der Waals surface area contributed by atoms with Crippen LogP contribution < -0.4 is 10.8 Å². The maximum absolute atomic E-state index is 13.1. The molecule has 0 saturated carbocycles. The molecule has 0 aromatic heterocycles. The molecule has 1 aliphatic heterocycles. The summed E-state index contributed by atoms with van der Waals surface area (Å²) in [5.74, 6) is -0.907. The van der Waals surface area contributed by atoms with E-state index in [4.69, 9.17) is 5.21 Å². The molecule has 0 atom stereocenters. The molecule has 0 aliphatic carbocycles. The molecule has 5 nitrogen and oxygen atoms in total. The summed E-state index contributed by atoms with van der Waals surface area (Å²) in [7, 11) is 0. The number of hydrogen-bond acceptors (Lipinski definition) is 4. The lowest BCUT2D eigenvalue weighted by molar-refractivity contribution is -0.117. The van der Waals surface area contributed by atoms with E-state index in [0.29, 0.717) is 18.5 Å². The second-order valence-corrected chi connectivity index (χ2v) is 5.41. The van der Waals surface area contributed by atoms with Gasteiger partial charge in [0.2, 0.25) is 5.78 Å². The van der Waals surface area contributed by atoms with Gasteiger partial charge in [0.1, 0.15) is 5.82 Å². The summed E-state index contributed by atoms with van der Waals surface area (Å²) in [6.07, 6.45) is 1.43. The molecule has 1 saturated heterocycles. The second-order valence-electron chi connectivity index (χ2n) is 4.56. The normalized spacial score (nSPS) is 17.1. The van der Waals surface area contributed by atoms with E-state index in [9.17, 15) is 9.18 Å². The van der Waals surface area contributed by atoms with E-state index in [1.165, 1.54) is 18.2 Å². The van der Waals surface area contributed by atoms with Crippen molar-refractivity contribution in [2.75, 3.05) is 13.1 Å². The highest BCUT2D eigenvalue weighted by Gasteiger charge is 2.25. The van der Waals surface area contributed by atoms with Gasteiger partial charge in [-0.2, -0.15) is 0 Å². The lowest BCUT2D eigenvalue weighted by Gasteiger charge is -2.21. The molecule has 7 heteroatoms. The summed E-state index contributed by atoms with van der Waals surface area (Å²) in [6, 6.07) is 4.13. The number of halogens is 2. The van der Waals surface area contributed by atoms with Crippen LogP contribution in [0.1, 0.15) is 12.8 Å². The number of piperidine rings is 1. The van der Waals surface area contributed by atoms with Gasteiger partial charge in [-0.05, 0) is 60.1 Å². The molecule has 108 valence electrons. The van der Waals surface area contributed by atoms with E-state index in [1.807, 2.05) is 5.48 Å². The number of nitrogens with zero attached hydrogens (tertiary/aromatic N) is 1. The number of benzene rings is 1. The summed E-state index contributed by atoms with van der Waals surface area (Å²) in [5, 5.41) is 12.3. The third-order valence-corrected chi connectivity index (χ3v) is 3.80. The smallest absolute Gasteiger partial charge is 0.203 e. The zero-order chi connectivity index (χ0) is 14.5. The quantitative estimate of drug-likeness (QED) is 0.446. The van der Waals surface area contributed by atoms with Crippen LogP contribution in [-0.2, 0) is 4.79 Å². The molecule has 1 heterocycles. The van der Waals surface area contributed by atoms with E-state index < -0.39 is 5.82 Å². The van der Waals surface area contributed by atoms with Crippen LogP contribution in [0.15, 0.2) is 27.7 Å². The van der Waals surface area contributed by atoms with Crippen molar-refractivity contribution in [1.29, 1.82) is 0 Å². The minimum atomic E-state index is -0.410. The molecular weight excluding hydrogens is 329 g/mol. The van der Waals surface area contributed by atoms with Gasteiger partial charge in [-0.3, -0.25) is 10.0 Å². The number of rotatable bonds is 3. The van der Waals surface area contributed by atoms with E-state index in [2.05, 4.69) is 26.2 Å². The molecule has 1 fully saturated rings. The van der Waals surface area contributed by atoms with Crippen molar-refractivity contribution in [3.05, 3.63) is 28.5 Å². The molecule has 1 aliphatic rings. The Morgan fingerprint density at radius 3 is 2.75 bits per heavy atom. The summed E-state index contributed by atoms with van der Waals surface area (Å²) < 4.78 is 13.4. The molecule has 0 radical (unpaired) electrons. The summed E-state index contributed by atoms with van der Waals surface area (Å²) in [6.45, 7) is 1.55. The fraction of sp³-hybridized carbons (Fsp3) is 0.385. The number of aliphatic imine (C=N–C) groups is 1. The van der Waals surface area contributed by atoms with E-state index in [-0.39, 0.29) is 22.0 Å². The minimum absolute atomic E-state index is 0.115. The van der Waals surface area contributed by atoms with Crippen molar-refractivity contribution in [3.8, 4) is 0 Å². The third-order valence-electron chi connectivity index (χ3n) is 3.19. The highest BCUT2D eigenvalue weighted by Crippen LogP contribution is 2.23. The van der Waals surface area contributed by atoms with Gasteiger partial charge in [-0.15, -0.1) is 0 Å². The van der Waals surface area contributed by atoms with Crippen molar-refractivity contribution < 1.29 is 14.4 Å². The van der Waals surface area contributed by atoms with Gasteiger partial charge in [0.25, 0.3) is 0 Å². The van der Waals surface area contributed by atoms with E-state index >= 15 is 0 Å². The summed E-state index contributed by atoms with van der Waals surface area (Å²) in [4.78, 5) is 16.3. The Balaban J connectivity index is 2.19. The Morgan fingerprint density at radius 1 is 1.45 bits per heavy atom. The molecule has 0 bridgehead atoms. The third kappa shape index (κ3) is 3.62. The molecule has 2 rings (SSSR count). The number of ketones is 1. The van der Waals surface area contributed by atoms with Crippen LogP contribution in [0.4, 0.5) is 10.1 Å². The van der Waals surface area contributed by atoms with Gasteiger partial charge in [-0.25, -0.2) is 14.9 Å². The van der Waals surface area contributed by atoms with E-state index in [0.717, 1.165) is 13.1 Å². The Kier molecular flexibility index (Phi) is 5.22. The number of hydrogen-bond donors (Lipinski definition) is 3. The van der Waals surface area contributed by atoms with Crippen molar-refractivity contribution in [1.82, 2.24) is 10.8 Å². The molecule has 0 spiro atoms. The van der Waals surface area contributed by atoms with Gasteiger partial charge in [0, 0.05) is 5.92 Å². The van der Waals surface area contributed by atoms with Crippen molar-refractivity contribution >= 4 is 33.2 Å². The Morgan fingerprint density at radius 2 is 2.15 bits per heavy atom. The van der Waals surface area contributed by atoms with Gasteiger partial charge < -0.3 is 5.32 Å². The van der Waals surface area contributed by atoms with Crippen molar-refractivity contribution in [3.63, 3.8) is 0 Å². The largest absolute Gasteiger partial charge is 0.317 e. The Labute approximate surface area is 124 Å². The average Bonchev–Trinajstić information content (AvgIpc) is 2.48. The Bertz CT molecular complexity index is 530. The first kappa shape index (κ1) is 15.1. The predicted octanol–water partition coefficient (Wildman–Crippen LogP) is 2.17. The van der Waals surface area contributed by atoms with Crippen molar-refractivity contribution in [2.24, 2.45) is 10.9 Å². The number of amidine groups is 1. The van der Waals surface area contributed by atoms with Gasteiger partial charge >= 0.3 is 0 Å². The van der Waals surface area contributed by atoms with Crippen LogP contribution in [0.3, 0.4) is 0 Å². The number of carbonyl (C=O) groups excluding carboxylic acids is 1. The topological polar surface area (TPSA) is 73.7 Å². The summed E-state index contributed by atoms with van der Waals surface area (Å²) in [5.41, 5.74) is 2.24. The molecule has 0 unspecified atom stereocenters. The first-order valence-electron chi connectivity index (χ1n) is 6.30. The van der Waals surface area contributed by atoms with E-state index in [1.54, 1.807) is 0 Å². The van der Waals surface area contributed by atoms with Crippen LogP contribution in [0.5, 0.6) is 0 Å². The van der Waals surface area contributed by atoms with Gasteiger partial charge in [-0.1, -0.05) is 0 Å². The number of Topliss-reactive ketones (excluding diaryl/α,β-unsaturated/α-hetero) is 1. The maximum atomic E-state index is 13.1. The molecule has 20 heavy (non-hydrogen) atoms. The SMILES string of the molecule is O=C(C(=Nc1ccc(F)c(Br)c1)NO)C1CCNCC1. The van der Waals surface area contributed by atoms with Crippen LogP contribution in [0.2, 0.25) is 0 Å². The standard InChI is InChI=1S/C13H15BrFN3O2/c14-10-7-9(1-2-11(10)15)17-13(18-20)12(19)8-3-5-16-6-4-8/h1-2,7-8,16,20H,3-6H2,(H,17,18). The average molecular weight is 344 g/mol. The fourth-order valence-electron chi connectivity index (χ4n) is 2.10. The molecular formula is C13H15BrFN3O2. The van der Waals surface area contributed by atoms with Crippen LogP contribution >= 0.6 is 15.9 Å². The first-order valence-corrected chi connectivity index (χ1v) is 7.10. The lowest BCUT2D eigenvalue weighted by atomic mass is 9.93. The molecule has 3 N–H and O–H groups in total. The number of hydroxylamine groups is 1. The minimum Gasteiger partial charge on any atom is -0.317 e. The van der Waals surface area contributed by atoms with Gasteiger partial charge in [0.05, 0.1) is 10.2 Å². The summed E-state index contributed by atoms with van der Waals surface area (Å²) >= 11 is 3.05. The zero-order valence-corrected chi connectivity index (χ0v) is 12.3. The molecule has 0 amide bonds. The zero-order valence-electron chi connectivity index (χ0n) is 10.7. The second kappa shape index (κ2) is 6.92. The highest BCUT2D eigenvalue weighted by molar-refractivity contribution is 9.10. The van der Waals surface area contributed by atoms with Gasteiger partial charge in [0.15, 0.2) is 5.84 Å².